The lowest BCUT2D eigenvalue weighted by Gasteiger charge is -2.16. The van der Waals surface area contributed by atoms with Crippen molar-refractivity contribution < 1.29 is 4.42 Å². The fourth-order valence-electron chi connectivity index (χ4n) is 2.05. The van der Waals surface area contributed by atoms with E-state index in [1.165, 1.54) is 16.2 Å². The van der Waals surface area contributed by atoms with Crippen LogP contribution in [0.4, 0.5) is 0 Å². The van der Waals surface area contributed by atoms with Crippen molar-refractivity contribution in [3.8, 4) is 0 Å². The predicted molar refractivity (Wildman–Crippen MR) is 77.1 cm³/mol. The first-order chi connectivity index (χ1) is 8.79. The summed E-state index contributed by atoms with van der Waals surface area (Å²) in [4.78, 5) is 2.82. The maximum Gasteiger partial charge on any atom is 0.103 e. The normalized spacial score (nSPS) is 12.8. The molecule has 1 N–H and O–H groups in total. The molecule has 0 aliphatic heterocycles. The summed E-state index contributed by atoms with van der Waals surface area (Å²) in [5, 5.41) is 3.63. The first kappa shape index (κ1) is 13.4. The highest BCUT2D eigenvalue weighted by Gasteiger charge is 2.13. The van der Waals surface area contributed by atoms with Crippen molar-refractivity contribution in [1.29, 1.82) is 0 Å². The molecule has 2 rings (SSSR count). The molecule has 98 valence electrons. The largest absolute Gasteiger partial charge is 0.469 e. The molecule has 0 aliphatic carbocycles. The summed E-state index contributed by atoms with van der Waals surface area (Å²) in [6.45, 7) is 5.44. The average Bonchev–Trinajstić information content (AvgIpc) is 3.01. The van der Waals surface area contributed by atoms with Crippen molar-refractivity contribution in [2.24, 2.45) is 0 Å². The summed E-state index contributed by atoms with van der Waals surface area (Å²) in [6, 6.07) is 8.91. The third-order valence-electron chi connectivity index (χ3n) is 3.00. The molecule has 0 aromatic carbocycles. The minimum Gasteiger partial charge on any atom is -0.469 e. The number of hydrogen-bond donors (Lipinski definition) is 1. The zero-order valence-corrected chi connectivity index (χ0v) is 11.9. The van der Waals surface area contributed by atoms with Gasteiger partial charge in [-0.2, -0.15) is 0 Å². The number of aryl methyl sites for hydroxylation is 2. The van der Waals surface area contributed by atoms with E-state index in [0.29, 0.717) is 6.04 Å². The van der Waals surface area contributed by atoms with Crippen molar-refractivity contribution in [3.05, 3.63) is 46.0 Å². The molecule has 0 saturated carbocycles. The van der Waals surface area contributed by atoms with Crippen LogP contribution in [0.25, 0.3) is 0 Å². The van der Waals surface area contributed by atoms with Crippen LogP contribution in [-0.4, -0.2) is 6.54 Å². The molecule has 0 fully saturated rings. The van der Waals surface area contributed by atoms with E-state index in [0.717, 1.165) is 25.1 Å². The third-order valence-corrected chi connectivity index (χ3v) is 4.12. The van der Waals surface area contributed by atoms with Gasteiger partial charge in [-0.1, -0.05) is 6.92 Å². The van der Waals surface area contributed by atoms with Crippen LogP contribution in [0.15, 0.2) is 34.9 Å². The van der Waals surface area contributed by atoms with Gasteiger partial charge in [0, 0.05) is 22.2 Å². The second kappa shape index (κ2) is 6.76. The molecule has 0 bridgehead atoms. The van der Waals surface area contributed by atoms with E-state index in [9.17, 15) is 0 Å². The second-order valence-electron chi connectivity index (χ2n) is 4.57. The number of thiophene rings is 1. The maximum absolute atomic E-state index is 5.41. The maximum atomic E-state index is 5.41. The summed E-state index contributed by atoms with van der Waals surface area (Å²) in [5.41, 5.74) is 0. The van der Waals surface area contributed by atoms with Gasteiger partial charge in [0.2, 0.25) is 0 Å². The Hall–Kier alpha value is -1.06. The fraction of sp³-hybridized carbons (Fsp3) is 0.467. The molecule has 3 heteroatoms. The molecule has 0 amide bonds. The van der Waals surface area contributed by atoms with E-state index in [1.807, 2.05) is 17.4 Å². The fourth-order valence-corrected chi connectivity index (χ4v) is 3.03. The average molecular weight is 263 g/mol. The van der Waals surface area contributed by atoms with Crippen molar-refractivity contribution >= 4 is 11.3 Å². The first-order valence-electron chi connectivity index (χ1n) is 6.61. The van der Waals surface area contributed by atoms with Crippen molar-refractivity contribution in [1.82, 2.24) is 5.32 Å². The minimum absolute atomic E-state index is 0.453. The van der Waals surface area contributed by atoms with Gasteiger partial charge in [-0.25, -0.2) is 0 Å². The van der Waals surface area contributed by atoms with E-state index < -0.39 is 0 Å². The van der Waals surface area contributed by atoms with Crippen LogP contribution in [0.3, 0.4) is 0 Å². The molecular weight excluding hydrogens is 242 g/mol. The lowest BCUT2D eigenvalue weighted by atomic mass is 10.1. The molecule has 2 aromatic heterocycles. The van der Waals surface area contributed by atoms with Crippen LogP contribution in [0.5, 0.6) is 0 Å². The lowest BCUT2D eigenvalue weighted by Crippen LogP contribution is -2.21. The molecular formula is C15H21NOS. The van der Waals surface area contributed by atoms with Crippen molar-refractivity contribution in [2.45, 2.75) is 39.2 Å². The molecule has 0 aliphatic rings. The van der Waals surface area contributed by atoms with Gasteiger partial charge in [0.1, 0.15) is 5.76 Å². The van der Waals surface area contributed by atoms with E-state index >= 15 is 0 Å². The standard InChI is InChI=1S/C15H21NOS/c1-3-10-16-14(15-9-6-12(2)18-15)8-7-13-5-4-11-17-13/h4-6,9,11,14,16H,3,7-8,10H2,1-2H3. The third kappa shape index (κ3) is 3.72. The van der Waals surface area contributed by atoms with Crippen LogP contribution in [0, 0.1) is 6.92 Å². The highest BCUT2D eigenvalue weighted by Crippen LogP contribution is 2.26. The van der Waals surface area contributed by atoms with Gasteiger partial charge in [-0.15, -0.1) is 11.3 Å². The lowest BCUT2D eigenvalue weighted by molar-refractivity contribution is 0.456. The Labute approximate surface area is 113 Å². The molecule has 2 heterocycles. The van der Waals surface area contributed by atoms with E-state index in [4.69, 9.17) is 4.42 Å². The summed E-state index contributed by atoms with van der Waals surface area (Å²) in [6.07, 6.45) is 5.00. The van der Waals surface area contributed by atoms with E-state index in [2.05, 4.69) is 37.4 Å². The molecule has 1 unspecified atom stereocenters. The zero-order chi connectivity index (χ0) is 12.8. The quantitative estimate of drug-likeness (QED) is 0.804. The van der Waals surface area contributed by atoms with Gasteiger partial charge in [-0.3, -0.25) is 0 Å². The van der Waals surface area contributed by atoms with Gasteiger partial charge in [-0.05, 0) is 50.6 Å². The second-order valence-corrected chi connectivity index (χ2v) is 5.89. The summed E-state index contributed by atoms with van der Waals surface area (Å²) in [5.74, 6) is 1.08. The summed E-state index contributed by atoms with van der Waals surface area (Å²) >= 11 is 1.89. The van der Waals surface area contributed by atoms with E-state index in [-0.39, 0.29) is 0 Å². The van der Waals surface area contributed by atoms with Gasteiger partial charge < -0.3 is 9.73 Å². The summed E-state index contributed by atoms with van der Waals surface area (Å²) < 4.78 is 5.41. The molecule has 1 atom stereocenters. The highest BCUT2D eigenvalue weighted by molar-refractivity contribution is 7.12. The Balaban J connectivity index is 1.96. The SMILES string of the molecule is CCCNC(CCc1ccco1)c1ccc(C)s1. The minimum atomic E-state index is 0.453. The first-order valence-corrected chi connectivity index (χ1v) is 7.43. The van der Waals surface area contributed by atoms with Crippen LogP contribution < -0.4 is 5.32 Å². The summed E-state index contributed by atoms with van der Waals surface area (Å²) in [7, 11) is 0. The smallest absolute Gasteiger partial charge is 0.103 e. The van der Waals surface area contributed by atoms with Gasteiger partial charge in [0.15, 0.2) is 0 Å². The molecule has 2 aromatic rings. The molecule has 0 saturated heterocycles. The van der Waals surface area contributed by atoms with Crippen LogP contribution >= 0.6 is 11.3 Å². The van der Waals surface area contributed by atoms with Gasteiger partial charge in [0.05, 0.1) is 6.26 Å². The van der Waals surface area contributed by atoms with Gasteiger partial charge >= 0.3 is 0 Å². The zero-order valence-electron chi connectivity index (χ0n) is 11.1. The highest BCUT2D eigenvalue weighted by atomic mass is 32.1. The Bertz CT molecular complexity index is 447. The molecule has 18 heavy (non-hydrogen) atoms. The molecule has 0 spiro atoms. The van der Waals surface area contributed by atoms with E-state index in [1.54, 1.807) is 6.26 Å². The van der Waals surface area contributed by atoms with Crippen molar-refractivity contribution in [3.63, 3.8) is 0 Å². The van der Waals surface area contributed by atoms with Crippen LogP contribution in [0.1, 0.15) is 41.3 Å². The Morgan fingerprint density at radius 3 is 2.83 bits per heavy atom. The van der Waals surface area contributed by atoms with Crippen LogP contribution in [-0.2, 0) is 6.42 Å². The number of furan rings is 1. The van der Waals surface area contributed by atoms with Crippen LogP contribution in [0.2, 0.25) is 0 Å². The number of hydrogen-bond acceptors (Lipinski definition) is 3. The number of nitrogens with one attached hydrogen (secondary N) is 1. The Morgan fingerprint density at radius 1 is 1.33 bits per heavy atom. The monoisotopic (exact) mass is 263 g/mol. The topological polar surface area (TPSA) is 25.2 Å². The molecule has 0 radical (unpaired) electrons. The van der Waals surface area contributed by atoms with Gasteiger partial charge in [0.25, 0.3) is 0 Å². The predicted octanol–water partition coefficient (Wildman–Crippen LogP) is 4.32. The molecule has 2 nitrogen and oxygen atoms in total. The Kier molecular flexibility index (Phi) is 5.02. The Morgan fingerprint density at radius 2 is 2.22 bits per heavy atom. The number of rotatable bonds is 7. The van der Waals surface area contributed by atoms with Crippen molar-refractivity contribution in [2.75, 3.05) is 6.54 Å².